The third-order valence-electron chi connectivity index (χ3n) is 4.19. The third-order valence-corrected chi connectivity index (χ3v) is 4.19. The van der Waals surface area contributed by atoms with E-state index in [1.165, 1.54) is 25.3 Å². The highest BCUT2D eigenvalue weighted by Gasteiger charge is 2.19. The molecule has 10 heteroatoms. The summed E-state index contributed by atoms with van der Waals surface area (Å²) < 4.78 is 9.88. The van der Waals surface area contributed by atoms with Gasteiger partial charge in [0.1, 0.15) is 18.0 Å². The van der Waals surface area contributed by atoms with E-state index in [4.69, 9.17) is 9.47 Å². The first kappa shape index (κ1) is 22.3. The summed E-state index contributed by atoms with van der Waals surface area (Å²) in [6.07, 6.45) is 0. The largest absolute Gasteiger partial charge is 0.496 e. The van der Waals surface area contributed by atoms with Crippen LogP contribution in [-0.2, 0) is 14.3 Å². The van der Waals surface area contributed by atoms with E-state index in [1.54, 1.807) is 32.0 Å². The van der Waals surface area contributed by atoms with Crippen molar-refractivity contribution in [2.45, 2.75) is 13.8 Å². The van der Waals surface area contributed by atoms with E-state index in [2.05, 4.69) is 10.6 Å². The molecule has 0 radical (unpaired) electrons. The van der Waals surface area contributed by atoms with Gasteiger partial charge in [0.25, 0.3) is 17.5 Å². The number of amides is 2. The van der Waals surface area contributed by atoms with Crippen LogP contribution in [0.3, 0.4) is 0 Å². The molecular weight excluding hydrogens is 394 g/mol. The van der Waals surface area contributed by atoms with Crippen LogP contribution in [0.5, 0.6) is 5.75 Å². The summed E-state index contributed by atoms with van der Waals surface area (Å²) in [7, 11) is 1.42. The Morgan fingerprint density at radius 2 is 1.77 bits per heavy atom. The lowest BCUT2D eigenvalue weighted by Gasteiger charge is -2.10. The molecule has 0 aliphatic rings. The maximum atomic E-state index is 12.1. The standard InChI is InChI=1S/C20H21N3O7/c1-12-8-15(16(23(27)28)9-13(12)2)22-18(24)11-30-19(25)10-21-20(26)14-6-4-5-7-17(14)29-3/h4-9H,10-11H2,1-3H3,(H,21,26)(H,22,24). The first-order chi connectivity index (χ1) is 14.2. The highest BCUT2D eigenvalue weighted by Crippen LogP contribution is 2.27. The van der Waals surface area contributed by atoms with Gasteiger partial charge in [0.05, 0.1) is 17.6 Å². The number of nitrogens with zero attached hydrogens (tertiary/aromatic N) is 1. The molecule has 2 aromatic carbocycles. The van der Waals surface area contributed by atoms with Crippen LogP contribution < -0.4 is 15.4 Å². The third kappa shape index (κ3) is 5.77. The molecule has 0 fully saturated rings. The van der Waals surface area contributed by atoms with Crippen LogP contribution in [0.25, 0.3) is 0 Å². The summed E-state index contributed by atoms with van der Waals surface area (Å²) in [5.74, 6) is -1.79. The Morgan fingerprint density at radius 3 is 2.43 bits per heavy atom. The summed E-state index contributed by atoms with van der Waals surface area (Å²) in [5.41, 5.74) is 1.45. The van der Waals surface area contributed by atoms with Gasteiger partial charge in [-0.15, -0.1) is 0 Å². The fraction of sp³-hybridized carbons (Fsp3) is 0.250. The van der Waals surface area contributed by atoms with Crippen molar-refractivity contribution in [3.05, 3.63) is 63.2 Å². The maximum absolute atomic E-state index is 12.1. The van der Waals surface area contributed by atoms with Gasteiger partial charge < -0.3 is 20.1 Å². The van der Waals surface area contributed by atoms with Crippen molar-refractivity contribution in [3.63, 3.8) is 0 Å². The summed E-state index contributed by atoms with van der Waals surface area (Å²) >= 11 is 0. The van der Waals surface area contributed by atoms with Gasteiger partial charge in [0.15, 0.2) is 6.61 Å². The maximum Gasteiger partial charge on any atom is 0.325 e. The first-order valence-corrected chi connectivity index (χ1v) is 8.85. The van der Waals surface area contributed by atoms with E-state index < -0.39 is 35.9 Å². The molecule has 0 aliphatic carbocycles. The molecular formula is C20H21N3O7. The molecule has 0 heterocycles. The molecule has 0 saturated carbocycles. The van der Waals surface area contributed by atoms with Crippen LogP contribution in [0.4, 0.5) is 11.4 Å². The molecule has 2 N–H and O–H groups in total. The minimum Gasteiger partial charge on any atom is -0.496 e. The molecule has 10 nitrogen and oxygen atoms in total. The minimum absolute atomic E-state index is 0.00799. The number of aryl methyl sites for hydroxylation is 2. The number of nitro groups is 1. The SMILES string of the molecule is COc1ccccc1C(=O)NCC(=O)OCC(=O)Nc1cc(C)c(C)cc1[N+](=O)[O-]. The van der Waals surface area contributed by atoms with Crippen molar-refractivity contribution < 1.29 is 28.8 Å². The van der Waals surface area contributed by atoms with Crippen LogP contribution in [0.15, 0.2) is 36.4 Å². The molecule has 0 bridgehead atoms. The van der Waals surface area contributed by atoms with E-state index >= 15 is 0 Å². The fourth-order valence-corrected chi connectivity index (χ4v) is 2.52. The van der Waals surface area contributed by atoms with E-state index in [-0.39, 0.29) is 16.9 Å². The Balaban J connectivity index is 1.88. The van der Waals surface area contributed by atoms with Crippen molar-refractivity contribution in [2.75, 3.05) is 25.6 Å². The zero-order valence-corrected chi connectivity index (χ0v) is 16.7. The van der Waals surface area contributed by atoms with Crippen LogP contribution in [-0.4, -0.2) is 43.0 Å². The zero-order chi connectivity index (χ0) is 22.3. The van der Waals surface area contributed by atoms with Crippen molar-refractivity contribution >= 4 is 29.2 Å². The number of benzene rings is 2. The normalized spacial score (nSPS) is 10.1. The second-order valence-electron chi connectivity index (χ2n) is 6.30. The highest BCUT2D eigenvalue weighted by atomic mass is 16.6. The summed E-state index contributed by atoms with van der Waals surface area (Å²) in [6, 6.07) is 9.30. The Morgan fingerprint density at radius 1 is 1.10 bits per heavy atom. The minimum atomic E-state index is -0.844. The number of nitro benzene ring substituents is 1. The molecule has 158 valence electrons. The van der Waals surface area contributed by atoms with Gasteiger partial charge in [0.2, 0.25) is 0 Å². The lowest BCUT2D eigenvalue weighted by molar-refractivity contribution is -0.384. The molecule has 2 aromatic rings. The average molecular weight is 415 g/mol. The van der Waals surface area contributed by atoms with Crippen LogP contribution in [0, 0.1) is 24.0 Å². The van der Waals surface area contributed by atoms with Gasteiger partial charge >= 0.3 is 5.97 Å². The molecule has 0 aromatic heterocycles. The highest BCUT2D eigenvalue weighted by molar-refractivity contribution is 5.99. The van der Waals surface area contributed by atoms with Crippen molar-refractivity contribution in [1.29, 1.82) is 0 Å². The number of carbonyl (C=O) groups excluding carboxylic acids is 3. The van der Waals surface area contributed by atoms with Crippen LogP contribution in [0.2, 0.25) is 0 Å². The summed E-state index contributed by atoms with van der Waals surface area (Å²) in [6.45, 7) is 2.34. The quantitative estimate of drug-likeness (QED) is 0.383. The second-order valence-corrected chi connectivity index (χ2v) is 6.30. The number of ether oxygens (including phenoxy) is 2. The number of para-hydroxylation sites is 1. The van der Waals surface area contributed by atoms with Crippen molar-refractivity contribution in [2.24, 2.45) is 0 Å². The van der Waals surface area contributed by atoms with E-state index in [1.807, 2.05) is 0 Å². The number of nitrogens with one attached hydrogen (secondary N) is 2. The van der Waals surface area contributed by atoms with Gasteiger partial charge in [-0.2, -0.15) is 0 Å². The molecule has 2 amide bonds. The molecule has 0 spiro atoms. The summed E-state index contributed by atoms with van der Waals surface area (Å²) in [4.78, 5) is 46.5. The molecule has 0 unspecified atom stereocenters. The van der Waals surface area contributed by atoms with E-state index in [0.717, 1.165) is 5.56 Å². The van der Waals surface area contributed by atoms with E-state index in [0.29, 0.717) is 11.3 Å². The topological polar surface area (TPSA) is 137 Å². The Labute approximate surface area is 172 Å². The molecule has 0 atom stereocenters. The number of anilines is 1. The smallest absolute Gasteiger partial charge is 0.325 e. The lowest BCUT2D eigenvalue weighted by atomic mass is 10.1. The lowest BCUT2D eigenvalue weighted by Crippen LogP contribution is -2.32. The molecule has 2 rings (SSSR count). The van der Waals surface area contributed by atoms with Crippen molar-refractivity contribution in [3.8, 4) is 5.75 Å². The van der Waals surface area contributed by atoms with Gasteiger partial charge in [0, 0.05) is 6.07 Å². The number of carbonyl (C=O) groups is 3. The Hall–Kier alpha value is -3.95. The second kappa shape index (κ2) is 10.0. The van der Waals surface area contributed by atoms with Gasteiger partial charge in [-0.25, -0.2) is 0 Å². The number of rotatable bonds is 8. The number of methoxy groups -OCH3 is 1. The monoisotopic (exact) mass is 415 g/mol. The summed E-state index contributed by atoms with van der Waals surface area (Å²) in [5, 5.41) is 15.9. The first-order valence-electron chi connectivity index (χ1n) is 8.85. The molecule has 0 saturated heterocycles. The van der Waals surface area contributed by atoms with Crippen LogP contribution >= 0.6 is 0 Å². The molecule has 30 heavy (non-hydrogen) atoms. The predicted molar refractivity (Wildman–Crippen MR) is 107 cm³/mol. The van der Waals surface area contributed by atoms with E-state index in [9.17, 15) is 24.5 Å². The fourth-order valence-electron chi connectivity index (χ4n) is 2.52. The average Bonchev–Trinajstić information content (AvgIpc) is 2.72. The number of hydrogen-bond acceptors (Lipinski definition) is 7. The Bertz CT molecular complexity index is 988. The predicted octanol–water partition coefficient (Wildman–Crippen LogP) is 2.13. The van der Waals surface area contributed by atoms with Gasteiger partial charge in [-0.3, -0.25) is 24.5 Å². The Kier molecular flexibility index (Phi) is 7.45. The number of esters is 1. The molecule has 0 aliphatic heterocycles. The van der Waals surface area contributed by atoms with Gasteiger partial charge in [-0.1, -0.05) is 12.1 Å². The zero-order valence-electron chi connectivity index (χ0n) is 16.7. The van der Waals surface area contributed by atoms with Crippen LogP contribution in [0.1, 0.15) is 21.5 Å². The number of hydrogen-bond donors (Lipinski definition) is 2. The van der Waals surface area contributed by atoms with Crippen molar-refractivity contribution in [1.82, 2.24) is 5.32 Å². The van der Waals surface area contributed by atoms with Gasteiger partial charge in [-0.05, 0) is 43.2 Å².